The Hall–Kier alpha value is -1.32. The zero-order valence-corrected chi connectivity index (χ0v) is 17.0. The average molecular weight is 370 g/mol. The van der Waals surface area contributed by atoms with Crippen molar-refractivity contribution in [2.75, 3.05) is 26.5 Å². The molecule has 1 aromatic rings. The van der Waals surface area contributed by atoms with Gasteiger partial charge in [0.1, 0.15) is 5.75 Å². The van der Waals surface area contributed by atoms with Gasteiger partial charge in [-0.05, 0) is 19.1 Å². The van der Waals surface area contributed by atoms with E-state index in [0.29, 0.717) is 18.5 Å². The minimum absolute atomic E-state index is 0.0764. The summed E-state index contributed by atoms with van der Waals surface area (Å²) < 4.78 is 29.7. The van der Waals surface area contributed by atoms with Crippen LogP contribution < -0.4 is 4.52 Å². The molecule has 0 radical (unpaired) electrons. The van der Waals surface area contributed by atoms with E-state index in [1.165, 1.54) is 0 Å². The van der Waals surface area contributed by atoms with E-state index in [0.717, 1.165) is 0 Å². The highest BCUT2D eigenvalue weighted by Gasteiger charge is 2.40. The number of benzene rings is 1. The summed E-state index contributed by atoms with van der Waals surface area (Å²) in [7, 11) is -1.45. The number of hydrogen-bond donors (Lipinski definition) is 0. The van der Waals surface area contributed by atoms with Crippen LogP contribution in [0.1, 0.15) is 34.6 Å². The van der Waals surface area contributed by atoms with E-state index >= 15 is 0 Å². The zero-order valence-electron chi connectivity index (χ0n) is 16.2. The lowest BCUT2D eigenvalue weighted by Crippen LogP contribution is -2.27. The van der Waals surface area contributed by atoms with Crippen LogP contribution >= 0.6 is 7.37 Å². The Bertz CT molecular complexity index is 579. The Morgan fingerprint density at radius 1 is 1.12 bits per heavy atom. The van der Waals surface area contributed by atoms with Gasteiger partial charge in [-0.25, -0.2) is 0 Å². The number of rotatable bonds is 9. The third-order valence-corrected chi connectivity index (χ3v) is 7.55. The molecule has 2 unspecified atom stereocenters. The predicted octanol–water partition coefficient (Wildman–Crippen LogP) is 4.60. The molecule has 6 heteroatoms. The normalized spacial score (nSPS) is 16.6. The van der Waals surface area contributed by atoms with Gasteiger partial charge in [0.15, 0.2) is 0 Å². The number of ether oxygens (including phenoxy) is 2. The molecule has 25 heavy (non-hydrogen) atoms. The van der Waals surface area contributed by atoms with Gasteiger partial charge in [0.2, 0.25) is 0 Å². The summed E-state index contributed by atoms with van der Waals surface area (Å²) >= 11 is 0. The van der Waals surface area contributed by atoms with Crippen molar-refractivity contribution >= 4 is 13.3 Å². The molecular weight excluding hydrogens is 339 g/mol. The van der Waals surface area contributed by atoms with E-state index in [2.05, 4.69) is 0 Å². The number of carbonyl (C=O) groups excluding carboxylic acids is 1. The standard InChI is InChI=1S/C19H31O5P/c1-15(12-23-18(20)16(2)13-22-6)14-25(21,19(3,4)5)24-17-10-8-7-9-11-17/h7-11,15-16H,12-14H2,1-6H3/t15-,16?,25?/m0/s1. The van der Waals surface area contributed by atoms with Crippen molar-refractivity contribution in [2.24, 2.45) is 11.8 Å². The summed E-state index contributed by atoms with van der Waals surface area (Å²) in [6.07, 6.45) is 0.345. The zero-order chi connectivity index (χ0) is 19.1. The fourth-order valence-corrected chi connectivity index (χ4v) is 4.53. The molecular formula is C19H31O5P. The minimum Gasteiger partial charge on any atom is -0.465 e. The Morgan fingerprint density at radius 2 is 1.72 bits per heavy atom. The van der Waals surface area contributed by atoms with Gasteiger partial charge < -0.3 is 14.0 Å². The second-order valence-corrected chi connectivity index (χ2v) is 10.8. The Labute approximate surface area is 151 Å². The highest BCUT2D eigenvalue weighted by Crippen LogP contribution is 2.59. The van der Waals surface area contributed by atoms with Gasteiger partial charge in [-0.2, -0.15) is 0 Å². The minimum atomic E-state index is -2.99. The predicted molar refractivity (Wildman–Crippen MR) is 100 cm³/mol. The molecule has 5 nitrogen and oxygen atoms in total. The highest BCUT2D eigenvalue weighted by molar-refractivity contribution is 7.61. The van der Waals surface area contributed by atoms with E-state index in [4.69, 9.17) is 14.0 Å². The Balaban J connectivity index is 2.72. The molecule has 0 saturated carbocycles. The maximum absolute atomic E-state index is 13.5. The van der Waals surface area contributed by atoms with E-state index in [9.17, 15) is 9.36 Å². The van der Waals surface area contributed by atoms with Crippen molar-refractivity contribution in [1.82, 2.24) is 0 Å². The molecule has 0 saturated heterocycles. The first-order chi connectivity index (χ1) is 11.6. The van der Waals surface area contributed by atoms with Crippen LogP contribution in [-0.2, 0) is 18.8 Å². The number of methoxy groups -OCH3 is 1. The monoisotopic (exact) mass is 370 g/mol. The first-order valence-electron chi connectivity index (χ1n) is 8.58. The fourth-order valence-electron chi connectivity index (χ4n) is 2.25. The van der Waals surface area contributed by atoms with E-state index in [1.54, 1.807) is 26.2 Å². The topological polar surface area (TPSA) is 61.8 Å². The molecule has 0 bridgehead atoms. The molecule has 0 spiro atoms. The summed E-state index contributed by atoms with van der Waals surface area (Å²) in [6, 6.07) is 9.19. The molecule has 142 valence electrons. The van der Waals surface area contributed by atoms with Crippen molar-refractivity contribution < 1.29 is 23.4 Å². The molecule has 1 aromatic carbocycles. The van der Waals surface area contributed by atoms with Crippen LogP contribution in [0.2, 0.25) is 0 Å². The van der Waals surface area contributed by atoms with Crippen molar-refractivity contribution in [1.29, 1.82) is 0 Å². The maximum Gasteiger partial charge on any atom is 0.311 e. The van der Waals surface area contributed by atoms with Crippen LogP contribution in [0, 0.1) is 11.8 Å². The molecule has 0 N–H and O–H groups in total. The SMILES string of the molecule is COCC(C)C(=O)OC[C@H](C)CP(=O)(Oc1ccccc1)C(C)(C)C. The third kappa shape index (κ3) is 6.83. The van der Waals surface area contributed by atoms with Gasteiger partial charge in [0.25, 0.3) is 7.37 Å². The van der Waals surface area contributed by atoms with E-state index in [-0.39, 0.29) is 24.4 Å². The van der Waals surface area contributed by atoms with Crippen LogP contribution in [0.4, 0.5) is 0 Å². The number of hydrogen-bond acceptors (Lipinski definition) is 5. The van der Waals surface area contributed by atoms with Crippen molar-refractivity contribution in [3.63, 3.8) is 0 Å². The second-order valence-electron chi connectivity index (χ2n) is 7.52. The third-order valence-electron chi connectivity index (χ3n) is 3.90. The molecule has 0 amide bonds. The van der Waals surface area contributed by atoms with Crippen LogP contribution in [0.25, 0.3) is 0 Å². The lowest BCUT2D eigenvalue weighted by Gasteiger charge is -2.33. The van der Waals surface area contributed by atoms with Crippen molar-refractivity contribution in [3.8, 4) is 5.75 Å². The Morgan fingerprint density at radius 3 is 2.24 bits per heavy atom. The summed E-state index contributed by atoms with van der Waals surface area (Å²) in [6.45, 7) is 9.95. The van der Waals surface area contributed by atoms with Crippen molar-refractivity contribution in [2.45, 2.75) is 39.8 Å². The molecule has 0 fully saturated rings. The van der Waals surface area contributed by atoms with Crippen molar-refractivity contribution in [3.05, 3.63) is 30.3 Å². The Kier molecular flexibility index (Phi) is 8.17. The smallest absolute Gasteiger partial charge is 0.311 e. The van der Waals surface area contributed by atoms with Crippen LogP contribution in [0.5, 0.6) is 5.75 Å². The van der Waals surface area contributed by atoms with E-state index < -0.39 is 12.5 Å². The molecule has 3 atom stereocenters. The first kappa shape index (κ1) is 21.7. The van der Waals surface area contributed by atoms with E-state index in [1.807, 2.05) is 45.9 Å². The average Bonchev–Trinajstić information content (AvgIpc) is 2.52. The van der Waals surface area contributed by atoms with Crippen LogP contribution in [0.3, 0.4) is 0 Å². The lowest BCUT2D eigenvalue weighted by molar-refractivity contribution is -0.150. The molecule has 0 aliphatic heterocycles. The van der Waals surface area contributed by atoms with Gasteiger partial charge >= 0.3 is 5.97 Å². The number of para-hydroxylation sites is 1. The molecule has 0 aromatic heterocycles. The van der Waals surface area contributed by atoms with Gasteiger partial charge in [0.05, 0.1) is 19.1 Å². The first-order valence-corrected chi connectivity index (χ1v) is 10.4. The van der Waals surface area contributed by atoms with Gasteiger partial charge in [0, 0.05) is 24.3 Å². The largest absolute Gasteiger partial charge is 0.465 e. The second kappa shape index (κ2) is 9.40. The lowest BCUT2D eigenvalue weighted by atomic mass is 10.2. The summed E-state index contributed by atoms with van der Waals surface area (Å²) in [5.41, 5.74) is 0. The number of carbonyl (C=O) groups is 1. The molecule has 0 aliphatic rings. The maximum atomic E-state index is 13.5. The van der Waals surface area contributed by atoms with Crippen LogP contribution in [-0.4, -0.2) is 37.6 Å². The fraction of sp³-hybridized carbons (Fsp3) is 0.632. The summed E-state index contributed by atoms with van der Waals surface area (Å²) in [5, 5.41) is -0.509. The molecule has 0 heterocycles. The summed E-state index contributed by atoms with van der Waals surface area (Å²) in [5.74, 6) is -0.0957. The summed E-state index contributed by atoms with van der Waals surface area (Å²) in [4.78, 5) is 11.9. The van der Waals surface area contributed by atoms with Crippen LogP contribution in [0.15, 0.2) is 30.3 Å². The van der Waals surface area contributed by atoms with Gasteiger partial charge in [-0.1, -0.05) is 45.9 Å². The highest BCUT2D eigenvalue weighted by atomic mass is 31.2. The van der Waals surface area contributed by atoms with Gasteiger partial charge in [-0.3, -0.25) is 9.36 Å². The quantitative estimate of drug-likeness (QED) is 0.469. The van der Waals surface area contributed by atoms with Gasteiger partial charge in [-0.15, -0.1) is 0 Å². The molecule has 1 rings (SSSR count). The molecule has 0 aliphatic carbocycles. The number of esters is 1.